The van der Waals surface area contributed by atoms with E-state index in [4.69, 9.17) is 0 Å². The first-order chi connectivity index (χ1) is 19.1. The molecule has 41 heavy (non-hydrogen) atoms. The van der Waals surface area contributed by atoms with Gasteiger partial charge in [-0.15, -0.1) is 0 Å². The molecule has 0 aliphatic heterocycles. The summed E-state index contributed by atoms with van der Waals surface area (Å²) in [5.41, 5.74) is 3.67. The Morgan fingerprint density at radius 1 is 0.902 bits per heavy atom. The number of allylic oxidation sites excluding steroid dienone is 1. The third-order valence-electron chi connectivity index (χ3n) is 14.2. The lowest BCUT2D eigenvalue weighted by molar-refractivity contribution is -0.228. The van der Waals surface area contributed by atoms with Gasteiger partial charge in [-0.25, -0.2) is 0 Å². The van der Waals surface area contributed by atoms with Crippen molar-refractivity contribution in [1.82, 2.24) is 0 Å². The summed E-state index contributed by atoms with van der Waals surface area (Å²) in [6.07, 6.45) is 8.37. The van der Waals surface area contributed by atoms with Gasteiger partial charge >= 0.3 is 0 Å². The number of fused-ring (bicyclic) bond motifs is 7. The van der Waals surface area contributed by atoms with E-state index in [0.717, 1.165) is 61.8 Å². The number of aliphatic hydroxyl groups excluding tert-OH is 1. The molecule has 4 nitrogen and oxygen atoms in total. The number of hydrogen-bond donors (Lipinski definition) is 2. The van der Waals surface area contributed by atoms with Crippen LogP contribution in [0.5, 0.6) is 0 Å². The Labute approximate surface area is 248 Å². The fraction of sp³-hybridized carbons (Fsp3) is 0.730. The summed E-state index contributed by atoms with van der Waals surface area (Å²) in [6, 6.07) is 7.98. The fourth-order valence-electron chi connectivity index (χ4n) is 11.8. The predicted molar refractivity (Wildman–Crippen MR) is 165 cm³/mol. The number of carbonyl (C=O) groups is 2. The largest absolute Gasteiger partial charge is 0.393 e. The van der Waals surface area contributed by atoms with E-state index < -0.39 is 5.41 Å². The number of benzene rings is 1. The molecular weight excluding hydrogens is 506 g/mol. The van der Waals surface area contributed by atoms with Crippen LogP contribution in [0.25, 0.3) is 0 Å². The molecule has 1 aromatic rings. The standard InChI is InChI=1S/C37H53NO3/c1-22(2)30-26(39)21-37(32(41)38-25-12-10-9-11-23(25)3)20-19-35(7)24(31(30)37)13-14-28-34(6)17-16-29(40)33(4,5)27(34)15-18-36(28,35)8/h9-12,22,24,27-29,40H,13-21H2,1-8H3,(H,38,41)/t24-,27+,28-,29+,34+,35-,36-,37-/m1/s1. The third-order valence-corrected chi connectivity index (χ3v) is 14.2. The summed E-state index contributed by atoms with van der Waals surface area (Å²) in [6.45, 7) is 18.6. The minimum atomic E-state index is -0.732. The van der Waals surface area contributed by atoms with Crippen LogP contribution < -0.4 is 5.32 Å². The van der Waals surface area contributed by atoms with Gasteiger partial charge in [-0.2, -0.15) is 0 Å². The Balaban J connectivity index is 1.43. The maximum absolute atomic E-state index is 14.4. The second-order valence-electron chi connectivity index (χ2n) is 16.4. The zero-order valence-electron chi connectivity index (χ0n) is 26.8. The lowest BCUT2D eigenvalue weighted by atomic mass is 9.33. The summed E-state index contributed by atoms with van der Waals surface area (Å²) >= 11 is 0. The van der Waals surface area contributed by atoms with Gasteiger partial charge in [0.2, 0.25) is 5.91 Å². The van der Waals surface area contributed by atoms with Crippen molar-refractivity contribution >= 4 is 17.4 Å². The zero-order chi connectivity index (χ0) is 29.8. The normalized spacial score (nSPS) is 43.2. The van der Waals surface area contributed by atoms with Crippen LogP contribution in [-0.2, 0) is 9.59 Å². The van der Waals surface area contributed by atoms with E-state index >= 15 is 0 Å². The van der Waals surface area contributed by atoms with Gasteiger partial charge in [0.1, 0.15) is 0 Å². The van der Waals surface area contributed by atoms with E-state index in [-0.39, 0.29) is 51.3 Å². The lowest BCUT2D eigenvalue weighted by Gasteiger charge is -2.72. The topological polar surface area (TPSA) is 66.4 Å². The molecule has 4 heteroatoms. The molecule has 0 unspecified atom stereocenters. The molecular formula is C37H53NO3. The molecule has 0 spiro atoms. The predicted octanol–water partition coefficient (Wildman–Crippen LogP) is 8.28. The van der Waals surface area contributed by atoms with Crippen molar-refractivity contribution in [3.05, 3.63) is 41.0 Å². The monoisotopic (exact) mass is 559 g/mol. The van der Waals surface area contributed by atoms with Crippen molar-refractivity contribution in [1.29, 1.82) is 0 Å². The number of aliphatic hydroxyl groups is 1. The van der Waals surface area contributed by atoms with E-state index in [1.165, 1.54) is 12.0 Å². The molecule has 8 atom stereocenters. The van der Waals surface area contributed by atoms with Crippen molar-refractivity contribution in [3.63, 3.8) is 0 Å². The van der Waals surface area contributed by atoms with Crippen molar-refractivity contribution in [2.45, 2.75) is 119 Å². The molecule has 0 saturated heterocycles. The van der Waals surface area contributed by atoms with Crippen molar-refractivity contribution < 1.29 is 14.7 Å². The van der Waals surface area contributed by atoms with Crippen LogP contribution in [0.3, 0.4) is 0 Å². The molecule has 4 fully saturated rings. The minimum Gasteiger partial charge on any atom is -0.393 e. The van der Waals surface area contributed by atoms with Crippen LogP contribution in [0.15, 0.2) is 35.4 Å². The van der Waals surface area contributed by atoms with Gasteiger partial charge in [-0.1, -0.05) is 66.7 Å². The van der Waals surface area contributed by atoms with Gasteiger partial charge in [-0.3, -0.25) is 9.59 Å². The van der Waals surface area contributed by atoms with Gasteiger partial charge in [0.25, 0.3) is 0 Å². The zero-order valence-corrected chi connectivity index (χ0v) is 26.8. The number of hydrogen-bond acceptors (Lipinski definition) is 3. The van der Waals surface area contributed by atoms with Gasteiger partial charge in [0.15, 0.2) is 5.78 Å². The average Bonchev–Trinajstić information content (AvgIpc) is 3.21. The highest BCUT2D eigenvalue weighted by atomic mass is 16.3. The van der Waals surface area contributed by atoms with Gasteiger partial charge in [0, 0.05) is 12.1 Å². The van der Waals surface area contributed by atoms with Crippen LogP contribution in [-0.4, -0.2) is 22.9 Å². The number of carbonyl (C=O) groups excluding carboxylic acids is 2. The second kappa shape index (κ2) is 9.28. The molecule has 0 bridgehead atoms. The average molecular weight is 560 g/mol. The van der Waals surface area contributed by atoms with Gasteiger partial charge < -0.3 is 10.4 Å². The summed E-state index contributed by atoms with van der Waals surface area (Å²) in [5, 5.41) is 14.3. The Kier molecular flexibility index (Phi) is 6.60. The van der Waals surface area contributed by atoms with E-state index in [1.54, 1.807) is 0 Å². The second-order valence-corrected chi connectivity index (χ2v) is 16.4. The van der Waals surface area contributed by atoms with E-state index in [0.29, 0.717) is 18.3 Å². The lowest BCUT2D eigenvalue weighted by Crippen LogP contribution is -2.66. The number of anilines is 1. The summed E-state index contributed by atoms with van der Waals surface area (Å²) in [5.74, 6) is 1.72. The number of ketones is 1. The maximum atomic E-state index is 14.4. The quantitative estimate of drug-likeness (QED) is 0.392. The first-order valence-corrected chi connectivity index (χ1v) is 16.5. The SMILES string of the molecule is Cc1ccccc1NC(=O)[C@@]12CC[C@]3(C)[C@H](CC[C@@H]4[C@@]5(C)CC[C@H](O)C(C)(C)[C@@H]5CC[C@]43C)C1=C(C(C)C)C(=O)C2. The highest BCUT2D eigenvalue weighted by Gasteiger charge is 2.70. The highest BCUT2D eigenvalue weighted by Crippen LogP contribution is 2.76. The molecule has 224 valence electrons. The molecule has 5 aliphatic rings. The Morgan fingerprint density at radius 3 is 2.29 bits per heavy atom. The smallest absolute Gasteiger partial charge is 0.235 e. The minimum absolute atomic E-state index is 0.0267. The van der Waals surface area contributed by atoms with Gasteiger partial charge in [-0.05, 0) is 126 Å². The third kappa shape index (κ3) is 3.74. The van der Waals surface area contributed by atoms with Crippen molar-refractivity contribution in [3.8, 4) is 0 Å². The molecule has 4 saturated carbocycles. The first-order valence-electron chi connectivity index (χ1n) is 16.5. The Hall–Kier alpha value is -1.94. The number of para-hydroxylation sites is 1. The number of amides is 1. The summed E-state index contributed by atoms with van der Waals surface area (Å²) in [4.78, 5) is 28.2. The van der Waals surface area contributed by atoms with Crippen LogP contribution in [0.1, 0.15) is 112 Å². The Morgan fingerprint density at radius 2 is 1.61 bits per heavy atom. The number of nitrogens with one attached hydrogen (secondary N) is 1. The van der Waals surface area contributed by atoms with Crippen LogP contribution in [0.2, 0.25) is 0 Å². The molecule has 2 N–H and O–H groups in total. The molecule has 0 heterocycles. The van der Waals surface area contributed by atoms with Crippen molar-refractivity contribution in [2.24, 2.45) is 50.7 Å². The number of rotatable bonds is 3. The fourth-order valence-corrected chi connectivity index (χ4v) is 11.8. The van der Waals surface area contributed by atoms with Crippen molar-refractivity contribution in [2.75, 3.05) is 5.32 Å². The summed E-state index contributed by atoms with van der Waals surface area (Å²) < 4.78 is 0. The van der Waals surface area contributed by atoms with Crippen LogP contribution >= 0.6 is 0 Å². The molecule has 1 amide bonds. The van der Waals surface area contributed by atoms with E-state index in [9.17, 15) is 14.7 Å². The number of Topliss-reactive ketones (excluding diaryl/α,β-unsaturated/α-hetero) is 1. The molecule has 6 rings (SSSR count). The molecule has 1 aromatic carbocycles. The molecule has 5 aliphatic carbocycles. The Bertz CT molecular complexity index is 1310. The van der Waals surface area contributed by atoms with Gasteiger partial charge in [0.05, 0.1) is 11.5 Å². The molecule has 0 aromatic heterocycles. The molecule has 0 radical (unpaired) electrons. The van der Waals surface area contributed by atoms with Crippen LogP contribution in [0.4, 0.5) is 5.69 Å². The number of aryl methyl sites for hydroxylation is 1. The maximum Gasteiger partial charge on any atom is 0.235 e. The van der Waals surface area contributed by atoms with Crippen LogP contribution in [0, 0.1) is 57.7 Å². The summed E-state index contributed by atoms with van der Waals surface area (Å²) in [7, 11) is 0. The van der Waals surface area contributed by atoms with E-state index in [2.05, 4.69) is 53.8 Å². The first kappa shape index (κ1) is 29.1. The highest BCUT2D eigenvalue weighted by molar-refractivity contribution is 6.10. The van der Waals surface area contributed by atoms with E-state index in [1.807, 2.05) is 31.2 Å².